The zero-order valence-electron chi connectivity index (χ0n) is 10.7. The molecular weight excluding hydrogens is 286 g/mol. The number of benzene rings is 1. The summed E-state index contributed by atoms with van der Waals surface area (Å²) >= 11 is 0. The molecule has 7 heteroatoms. The average molecular weight is 303 g/mol. The van der Waals surface area contributed by atoms with E-state index in [9.17, 15) is 16.8 Å². The molecule has 1 unspecified atom stereocenters. The first kappa shape index (κ1) is 14.5. The van der Waals surface area contributed by atoms with E-state index in [2.05, 4.69) is 0 Å². The molecule has 0 spiro atoms. The third-order valence-electron chi connectivity index (χ3n) is 3.36. The zero-order valence-corrected chi connectivity index (χ0v) is 12.3. The number of hydrogen-bond donors (Lipinski definition) is 0. The van der Waals surface area contributed by atoms with E-state index in [0.717, 1.165) is 0 Å². The van der Waals surface area contributed by atoms with Gasteiger partial charge in [0.15, 0.2) is 9.84 Å². The predicted octanol–water partition coefficient (Wildman–Crippen LogP) is 0.808. The molecular formula is C12H17NO4S2. The van der Waals surface area contributed by atoms with Crippen molar-refractivity contribution in [2.45, 2.75) is 12.2 Å². The average Bonchev–Trinajstić information content (AvgIpc) is 2.39. The topological polar surface area (TPSA) is 71.5 Å². The molecule has 1 aromatic rings. The summed E-state index contributed by atoms with van der Waals surface area (Å²) in [5, 5.41) is -0.760. The third kappa shape index (κ3) is 2.98. The number of nitrogens with zero attached hydrogens (tertiary/aromatic N) is 1. The van der Waals surface area contributed by atoms with Crippen LogP contribution in [-0.2, 0) is 19.9 Å². The molecule has 0 radical (unpaired) electrons. The Hall–Kier alpha value is -0.920. The summed E-state index contributed by atoms with van der Waals surface area (Å²) in [5.41, 5.74) is 0.651. The summed E-state index contributed by atoms with van der Waals surface area (Å²) in [7, 11) is -6.63. The van der Waals surface area contributed by atoms with Gasteiger partial charge in [-0.2, -0.15) is 4.31 Å². The molecule has 1 fully saturated rings. The molecule has 19 heavy (non-hydrogen) atoms. The summed E-state index contributed by atoms with van der Waals surface area (Å²) in [6.07, 6.45) is 0. The molecule has 1 aliphatic heterocycles. The maximum Gasteiger partial charge on any atom is 0.213 e. The highest BCUT2D eigenvalue weighted by Gasteiger charge is 2.37. The fraction of sp³-hybridized carbons (Fsp3) is 0.500. The highest BCUT2D eigenvalue weighted by molar-refractivity contribution is 7.92. The van der Waals surface area contributed by atoms with Gasteiger partial charge >= 0.3 is 0 Å². The first-order valence-electron chi connectivity index (χ1n) is 6.11. The maximum absolute atomic E-state index is 12.1. The Labute approximate surface area is 114 Å². The maximum atomic E-state index is 12.1. The lowest BCUT2D eigenvalue weighted by atomic mass is 10.1. The van der Waals surface area contributed by atoms with Gasteiger partial charge in [0.25, 0.3) is 0 Å². The van der Waals surface area contributed by atoms with Crippen LogP contribution in [0.2, 0.25) is 0 Å². The van der Waals surface area contributed by atoms with Crippen LogP contribution in [0, 0.1) is 0 Å². The van der Waals surface area contributed by atoms with Gasteiger partial charge in [0.05, 0.1) is 11.5 Å². The van der Waals surface area contributed by atoms with E-state index in [0.29, 0.717) is 5.56 Å². The van der Waals surface area contributed by atoms with Gasteiger partial charge in [0.2, 0.25) is 10.0 Å². The van der Waals surface area contributed by atoms with Crippen molar-refractivity contribution in [1.29, 1.82) is 0 Å². The zero-order chi connectivity index (χ0) is 14.1. The van der Waals surface area contributed by atoms with Crippen molar-refractivity contribution in [2.24, 2.45) is 0 Å². The molecule has 0 amide bonds. The Kier molecular flexibility index (Phi) is 3.98. The second-order valence-corrected chi connectivity index (χ2v) is 9.09. The van der Waals surface area contributed by atoms with Gasteiger partial charge in [-0.3, -0.25) is 0 Å². The molecule has 0 bridgehead atoms. The van der Waals surface area contributed by atoms with E-state index in [1.54, 1.807) is 37.3 Å². The second kappa shape index (κ2) is 5.22. The molecule has 0 N–H and O–H groups in total. The minimum absolute atomic E-state index is 0.00540. The minimum atomic E-state index is -3.34. The van der Waals surface area contributed by atoms with Crippen molar-refractivity contribution < 1.29 is 16.8 Å². The first-order valence-corrected chi connectivity index (χ1v) is 9.43. The minimum Gasteiger partial charge on any atom is -0.228 e. The lowest BCUT2D eigenvalue weighted by Gasteiger charge is -2.31. The number of sulfonamides is 1. The second-order valence-electron chi connectivity index (χ2n) is 4.52. The molecule has 1 aromatic carbocycles. The van der Waals surface area contributed by atoms with Crippen molar-refractivity contribution >= 4 is 19.9 Å². The van der Waals surface area contributed by atoms with Gasteiger partial charge in [-0.15, -0.1) is 0 Å². The predicted molar refractivity (Wildman–Crippen MR) is 74.0 cm³/mol. The molecule has 106 valence electrons. The van der Waals surface area contributed by atoms with Crippen LogP contribution < -0.4 is 0 Å². The van der Waals surface area contributed by atoms with Crippen LogP contribution in [0.25, 0.3) is 0 Å². The summed E-state index contributed by atoms with van der Waals surface area (Å²) in [4.78, 5) is 0. The summed E-state index contributed by atoms with van der Waals surface area (Å²) < 4.78 is 49.3. The van der Waals surface area contributed by atoms with Crippen LogP contribution in [-0.4, -0.2) is 45.7 Å². The number of sulfone groups is 1. The van der Waals surface area contributed by atoms with Crippen molar-refractivity contribution in [1.82, 2.24) is 4.31 Å². The standard InChI is InChI=1S/C12H17NO4S2/c1-2-19(16,17)13-8-9-18(14,15)12(10-13)11-6-4-3-5-7-11/h3-7,12H,2,8-10H2,1H3. The van der Waals surface area contributed by atoms with Crippen LogP contribution in [0.15, 0.2) is 30.3 Å². The van der Waals surface area contributed by atoms with Crippen LogP contribution in [0.1, 0.15) is 17.7 Å². The molecule has 2 rings (SSSR count). The first-order chi connectivity index (χ1) is 8.87. The molecule has 1 heterocycles. The molecule has 5 nitrogen and oxygen atoms in total. The Bertz CT molecular complexity index is 638. The van der Waals surface area contributed by atoms with Gasteiger partial charge < -0.3 is 0 Å². The largest absolute Gasteiger partial charge is 0.228 e. The van der Waals surface area contributed by atoms with Gasteiger partial charge in [-0.1, -0.05) is 30.3 Å². The normalized spacial score (nSPS) is 24.2. The molecule has 1 atom stereocenters. The van der Waals surface area contributed by atoms with Crippen LogP contribution in [0.4, 0.5) is 0 Å². The van der Waals surface area contributed by atoms with Crippen molar-refractivity contribution in [3.05, 3.63) is 35.9 Å². The van der Waals surface area contributed by atoms with E-state index < -0.39 is 25.1 Å². The van der Waals surface area contributed by atoms with Gasteiger partial charge in [0.1, 0.15) is 5.25 Å². The lowest BCUT2D eigenvalue weighted by Crippen LogP contribution is -2.45. The molecule has 0 aromatic heterocycles. The van der Waals surface area contributed by atoms with E-state index in [1.165, 1.54) is 4.31 Å². The lowest BCUT2D eigenvalue weighted by molar-refractivity contribution is 0.405. The quantitative estimate of drug-likeness (QED) is 0.828. The van der Waals surface area contributed by atoms with E-state index in [4.69, 9.17) is 0 Å². The third-order valence-corrected chi connectivity index (χ3v) is 7.25. The van der Waals surface area contributed by atoms with Gasteiger partial charge in [-0.25, -0.2) is 16.8 Å². The Morgan fingerprint density at radius 1 is 1.26 bits per heavy atom. The van der Waals surface area contributed by atoms with Crippen molar-refractivity contribution in [3.63, 3.8) is 0 Å². The van der Waals surface area contributed by atoms with Gasteiger partial charge in [-0.05, 0) is 12.5 Å². The molecule has 1 aliphatic rings. The SMILES string of the molecule is CCS(=O)(=O)N1CCS(=O)(=O)C(c2ccccc2)C1. The molecule has 0 aliphatic carbocycles. The Morgan fingerprint density at radius 3 is 2.47 bits per heavy atom. The molecule has 1 saturated heterocycles. The monoisotopic (exact) mass is 303 g/mol. The summed E-state index contributed by atoms with van der Waals surface area (Å²) in [5.74, 6) is -0.125. The van der Waals surface area contributed by atoms with E-state index in [-0.39, 0.29) is 24.6 Å². The van der Waals surface area contributed by atoms with Gasteiger partial charge in [0, 0.05) is 13.1 Å². The number of rotatable bonds is 3. The highest BCUT2D eigenvalue weighted by atomic mass is 32.2. The van der Waals surface area contributed by atoms with Crippen LogP contribution in [0.5, 0.6) is 0 Å². The summed E-state index contributed by atoms with van der Waals surface area (Å²) in [6, 6.07) is 8.78. The van der Waals surface area contributed by atoms with Crippen molar-refractivity contribution in [3.8, 4) is 0 Å². The van der Waals surface area contributed by atoms with Crippen LogP contribution >= 0.6 is 0 Å². The Morgan fingerprint density at radius 2 is 1.89 bits per heavy atom. The van der Waals surface area contributed by atoms with E-state index >= 15 is 0 Å². The molecule has 0 saturated carbocycles. The Balaban J connectivity index is 2.35. The number of hydrogen-bond acceptors (Lipinski definition) is 4. The van der Waals surface area contributed by atoms with Crippen LogP contribution in [0.3, 0.4) is 0 Å². The highest BCUT2D eigenvalue weighted by Crippen LogP contribution is 2.29. The smallest absolute Gasteiger partial charge is 0.213 e. The summed E-state index contributed by atoms with van der Waals surface area (Å²) in [6.45, 7) is 1.64. The fourth-order valence-corrected chi connectivity index (χ4v) is 5.24. The van der Waals surface area contributed by atoms with E-state index in [1.807, 2.05) is 0 Å². The van der Waals surface area contributed by atoms with Crippen molar-refractivity contribution in [2.75, 3.05) is 24.6 Å². The fourth-order valence-electron chi connectivity index (χ4n) is 2.18.